The lowest BCUT2D eigenvalue weighted by Crippen LogP contribution is -2.08. The standard InChI is InChI=1S/C9H7N3O2/c1-12-6-7(4-3-5-10)11-8(12)9(13)14-2/h6H,1-2H3. The molecule has 5 nitrogen and oxygen atoms in total. The molecule has 0 fully saturated rings. The van der Waals surface area contributed by atoms with Crippen LogP contribution in [-0.2, 0) is 11.8 Å². The number of ether oxygens (including phenoxy) is 1. The van der Waals surface area contributed by atoms with Crippen molar-refractivity contribution < 1.29 is 9.53 Å². The molecule has 0 unspecified atom stereocenters. The summed E-state index contributed by atoms with van der Waals surface area (Å²) in [7, 11) is 2.93. The zero-order valence-corrected chi connectivity index (χ0v) is 7.74. The van der Waals surface area contributed by atoms with Crippen molar-refractivity contribution in [3.63, 3.8) is 0 Å². The maximum atomic E-state index is 11.1. The molecule has 0 aliphatic heterocycles. The number of methoxy groups -OCH3 is 1. The van der Waals surface area contributed by atoms with Crippen LogP contribution in [0.5, 0.6) is 0 Å². The van der Waals surface area contributed by atoms with Crippen molar-refractivity contribution in [2.75, 3.05) is 7.11 Å². The van der Waals surface area contributed by atoms with Gasteiger partial charge in [0.2, 0.25) is 5.82 Å². The van der Waals surface area contributed by atoms with Crippen LogP contribution in [-0.4, -0.2) is 22.6 Å². The van der Waals surface area contributed by atoms with Crippen molar-refractivity contribution in [1.82, 2.24) is 9.55 Å². The zero-order valence-electron chi connectivity index (χ0n) is 7.74. The largest absolute Gasteiger partial charge is 0.463 e. The Hall–Kier alpha value is -2.27. The minimum absolute atomic E-state index is 0.162. The van der Waals surface area contributed by atoms with Gasteiger partial charge in [-0.1, -0.05) is 0 Å². The molecule has 0 bridgehead atoms. The molecule has 0 aliphatic rings. The minimum Gasteiger partial charge on any atom is -0.463 e. The molecule has 0 radical (unpaired) electrons. The third kappa shape index (κ3) is 1.90. The van der Waals surface area contributed by atoms with E-state index in [1.165, 1.54) is 11.7 Å². The van der Waals surface area contributed by atoms with Crippen LogP contribution < -0.4 is 0 Å². The number of hydrogen-bond donors (Lipinski definition) is 0. The molecule has 0 saturated carbocycles. The average molecular weight is 189 g/mol. The number of rotatable bonds is 1. The van der Waals surface area contributed by atoms with E-state index in [1.807, 2.05) is 0 Å². The fourth-order valence-corrected chi connectivity index (χ4v) is 0.900. The van der Waals surface area contributed by atoms with Crippen molar-refractivity contribution >= 4 is 5.97 Å². The Balaban J connectivity index is 3.06. The quantitative estimate of drug-likeness (QED) is 0.463. The Bertz CT molecular complexity index is 457. The lowest BCUT2D eigenvalue weighted by Gasteiger charge is -1.96. The topological polar surface area (TPSA) is 67.9 Å². The molecule has 0 atom stereocenters. The summed E-state index contributed by atoms with van der Waals surface area (Å²) in [5.41, 5.74) is 0.370. The Labute approximate surface area is 80.9 Å². The van der Waals surface area contributed by atoms with E-state index in [4.69, 9.17) is 5.26 Å². The van der Waals surface area contributed by atoms with Crippen molar-refractivity contribution in [2.45, 2.75) is 0 Å². The van der Waals surface area contributed by atoms with Crippen molar-refractivity contribution in [3.05, 3.63) is 17.7 Å². The van der Waals surface area contributed by atoms with Gasteiger partial charge in [0.15, 0.2) is 6.07 Å². The third-order valence-electron chi connectivity index (χ3n) is 1.49. The first-order valence-corrected chi connectivity index (χ1v) is 3.71. The molecule has 0 aromatic carbocycles. The van der Waals surface area contributed by atoms with E-state index >= 15 is 0 Å². The van der Waals surface area contributed by atoms with Crippen molar-refractivity contribution in [2.24, 2.45) is 7.05 Å². The van der Waals surface area contributed by atoms with Crippen molar-refractivity contribution in [3.8, 4) is 17.9 Å². The summed E-state index contributed by atoms with van der Waals surface area (Å²) in [5, 5.41) is 8.21. The lowest BCUT2D eigenvalue weighted by atomic mass is 10.5. The Morgan fingerprint density at radius 2 is 2.43 bits per heavy atom. The molecule has 1 aromatic rings. The van der Waals surface area contributed by atoms with E-state index in [0.29, 0.717) is 5.69 Å². The highest BCUT2D eigenvalue weighted by molar-refractivity contribution is 5.85. The molecule has 0 N–H and O–H groups in total. The Morgan fingerprint density at radius 3 is 3.00 bits per heavy atom. The monoisotopic (exact) mass is 189 g/mol. The van der Waals surface area contributed by atoms with E-state index in [9.17, 15) is 4.79 Å². The predicted molar refractivity (Wildman–Crippen MR) is 47.0 cm³/mol. The normalized spacial score (nSPS) is 8.36. The van der Waals surface area contributed by atoms with Crippen LogP contribution in [0.15, 0.2) is 6.20 Å². The fourth-order valence-electron chi connectivity index (χ4n) is 0.900. The predicted octanol–water partition coefficient (Wildman–Crippen LogP) is 0.0818. The number of nitriles is 1. The highest BCUT2D eigenvalue weighted by Gasteiger charge is 2.12. The second kappa shape index (κ2) is 4.11. The first-order valence-electron chi connectivity index (χ1n) is 3.71. The number of nitrogens with zero attached hydrogens (tertiary/aromatic N) is 3. The van der Waals surface area contributed by atoms with Crippen LogP contribution in [0.2, 0.25) is 0 Å². The summed E-state index contributed by atoms with van der Waals surface area (Å²) >= 11 is 0. The number of imidazole rings is 1. The smallest absolute Gasteiger partial charge is 0.374 e. The summed E-state index contributed by atoms with van der Waals surface area (Å²) in [5.74, 6) is 4.31. The highest BCUT2D eigenvalue weighted by atomic mass is 16.5. The number of hydrogen-bond acceptors (Lipinski definition) is 4. The molecule has 14 heavy (non-hydrogen) atoms. The minimum atomic E-state index is -0.530. The van der Waals surface area contributed by atoms with Crippen LogP contribution in [0.4, 0.5) is 0 Å². The fraction of sp³-hybridized carbons (Fsp3) is 0.222. The SMILES string of the molecule is COC(=O)c1nc(C#CC#N)cn1C. The molecular weight excluding hydrogens is 182 g/mol. The van der Waals surface area contributed by atoms with E-state index < -0.39 is 5.97 Å². The molecule has 70 valence electrons. The van der Waals surface area contributed by atoms with E-state index in [0.717, 1.165) is 0 Å². The number of carbonyl (C=O) groups is 1. The van der Waals surface area contributed by atoms with Gasteiger partial charge in [-0.3, -0.25) is 0 Å². The summed E-state index contributed by atoms with van der Waals surface area (Å²) in [6.07, 6.45) is 1.55. The van der Waals surface area contributed by atoms with Gasteiger partial charge in [0.05, 0.1) is 7.11 Å². The van der Waals surface area contributed by atoms with E-state index in [1.54, 1.807) is 19.3 Å². The van der Waals surface area contributed by atoms with Crippen molar-refractivity contribution in [1.29, 1.82) is 5.26 Å². The van der Waals surface area contributed by atoms with Crippen LogP contribution >= 0.6 is 0 Å². The first-order chi connectivity index (χ1) is 6.69. The number of esters is 1. The highest BCUT2D eigenvalue weighted by Crippen LogP contribution is 2.01. The first kappa shape index (κ1) is 9.82. The third-order valence-corrected chi connectivity index (χ3v) is 1.49. The molecule has 5 heteroatoms. The maximum Gasteiger partial charge on any atom is 0.374 e. The Morgan fingerprint density at radius 1 is 1.71 bits per heavy atom. The van der Waals surface area contributed by atoms with Gasteiger partial charge in [0.1, 0.15) is 5.69 Å². The molecule has 0 saturated heterocycles. The maximum absolute atomic E-state index is 11.1. The number of aryl methyl sites for hydroxylation is 1. The lowest BCUT2D eigenvalue weighted by molar-refractivity contribution is 0.0582. The summed E-state index contributed by atoms with van der Waals surface area (Å²) < 4.78 is 5.99. The van der Waals surface area contributed by atoms with Gasteiger partial charge in [-0.25, -0.2) is 9.78 Å². The van der Waals surface area contributed by atoms with Gasteiger partial charge in [-0.05, 0) is 5.92 Å². The summed E-state index contributed by atoms with van der Waals surface area (Å²) in [4.78, 5) is 15.0. The van der Waals surface area contributed by atoms with Crippen LogP contribution in [0.1, 0.15) is 16.3 Å². The second-order valence-electron chi connectivity index (χ2n) is 2.41. The number of carbonyl (C=O) groups excluding carboxylic acids is 1. The molecular formula is C9H7N3O2. The average Bonchev–Trinajstić information content (AvgIpc) is 2.55. The molecule has 0 spiro atoms. The van der Waals surface area contributed by atoms with Gasteiger partial charge in [-0.2, -0.15) is 5.26 Å². The van der Waals surface area contributed by atoms with Gasteiger partial charge >= 0.3 is 5.97 Å². The molecule has 1 aromatic heterocycles. The van der Waals surface area contributed by atoms with Crippen LogP contribution in [0.25, 0.3) is 0 Å². The van der Waals surface area contributed by atoms with Gasteiger partial charge in [0, 0.05) is 19.2 Å². The molecule has 1 heterocycles. The second-order valence-corrected chi connectivity index (χ2v) is 2.41. The summed E-state index contributed by atoms with van der Waals surface area (Å²) in [6.45, 7) is 0. The van der Waals surface area contributed by atoms with E-state index in [-0.39, 0.29) is 5.82 Å². The van der Waals surface area contributed by atoms with E-state index in [2.05, 4.69) is 21.6 Å². The van der Waals surface area contributed by atoms with Gasteiger partial charge in [0.25, 0.3) is 0 Å². The molecule has 0 amide bonds. The summed E-state index contributed by atoms with van der Waals surface area (Å²) in [6, 6.07) is 1.66. The molecule has 0 aliphatic carbocycles. The van der Waals surface area contributed by atoms with Crippen LogP contribution in [0.3, 0.4) is 0 Å². The zero-order chi connectivity index (χ0) is 10.6. The van der Waals surface area contributed by atoms with Crippen LogP contribution in [0, 0.1) is 23.2 Å². The van der Waals surface area contributed by atoms with Gasteiger partial charge in [-0.15, -0.1) is 0 Å². The number of aromatic nitrogens is 2. The molecule has 1 rings (SSSR count). The Kier molecular flexibility index (Phi) is 2.88. The van der Waals surface area contributed by atoms with Gasteiger partial charge < -0.3 is 9.30 Å².